The summed E-state index contributed by atoms with van der Waals surface area (Å²) in [5, 5.41) is 2.71. The second kappa shape index (κ2) is 7.99. The molecule has 0 radical (unpaired) electrons. The molecule has 1 aromatic carbocycles. The maximum Gasteiger partial charge on any atom is 0.251 e. The Hall–Kier alpha value is -1.60. The summed E-state index contributed by atoms with van der Waals surface area (Å²) in [6.45, 7) is 2.91. The van der Waals surface area contributed by atoms with E-state index in [9.17, 15) is 13.2 Å². The lowest BCUT2D eigenvalue weighted by molar-refractivity contribution is 0.0951. The molecule has 21 heavy (non-hydrogen) atoms. The summed E-state index contributed by atoms with van der Waals surface area (Å²) in [4.78, 5) is 11.9. The summed E-state index contributed by atoms with van der Waals surface area (Å²) in [7, 11) is -1.68. The van der Waals surface area contributed by atoms with Crippen LogP contribution in [0.5, 0.6) is 5.75 Å². The van der Waals surface area contributed by atoms with Gasteiger partial charge in [-0.15, -0.1) is 0 Å². The summed E-state index contributed by atoms with van der Waals surface area (Å²) in [6.07, 6.45) is 1.91. The highest BCUT2D eigenvalue weighted by atomic mass is 32.2. The van der Waals surface area contributed by atoms with E-state index < -0.39 is 10.0 Å². The SMILES string of the molecule is CCCN(CCNC(=O)c1ccc(OC)cc1)S(C)(=O)=O. The van der Waals surface area contributed by atoms with Crippen molar-refractivity contribution in [2.45, 2.75) is 13.3 Å². The van der Waals surface area contributed by atoms with Gasteiger partial charge in [-0.05, 0) is 30.7 Å². The number of rotatable bonds is 8. The van der Waals surface area contributed by atoms with Gasteiger partial charge in [0.15, 0.2) is 0 Å². The number of methoxy groups -OCH3 is 1. The average molecular weight is 314 g/mol. The molecule has 1 N–H and O–H groups in total. The van der Waals surface area contributed by atoms with Crippen LogP contribution in [-0.4, -0.2) is 51.6 Å². The van der Waals surface area contributed by atoms with Crippen molar-refractivity contribution < 1.29 is 17.9 Å². The van der Waals surface area contributed by atoms with E-state index in [0.29, 0.717) is 17.9 Å². The van der Waals surface area contributed by atoms with E-state index in [0.717, 1.165) is 6.42 Å². The van der Waals surface area contributed by atoms with Gasteiger partial charge in [-0.2, -0.15) is 0 Å². The fourth-order valence-corrected chi connectivity index (χ4v) is 2.77. The molecule has 1 aromatic rings. The largest absolute Gasteiger partial charge is 0.497 e. The van der Waals surface area contributed by atoms with Crippen LogP contribution in [0.3, 0.4) is 0 Å². The average Bonchev–Trinajstić information content (AvgIpc) is 2.45. The topological polar surface area (TPSA) is 75.7 Å². The summed E-state index contributed by atoms with van der Waals surface area (Å²) in [6, 6.07) is 6.73. The summed E-state index contributed by atoms with van der Waals surface area (Å²) >= 11 is 0. The van der Waals surface area contributed by atoms with Crippen LogP contribution in [0.15, 0.2) is 24.3 Å². The molecule has 0 unspecified atom stereocenters. The number of hydrogen-bond acceptors (Lipinski definition) is 4. The van der Waals surface area contributed by atoms with Crippen molar-refractivity contribution in [3.05, 3.63) is 29.8 Å². The van der Waals surface area contributed by atoms with E-state index in [1.54, 1.807) is 31.4 Å². The van der Waals surface area contributed by atoms with Gasteiger partial charge in [0.05, 0.1) is 13.4 Å². The molecule has 0 saturated heterocycles. The lowest BCUT2D eigenvalue weighted by atomic mass is 10.2. The Labute approximate surface area is 126 Å². The zero-order valence-electron chi connectivity index (χ0n) is 12.6. The van der Waals surface area contributed by atoms with Gasteiger partial charge in [-0.25, -0.2) is 12.7 Å². The number of carbonyl (C=O) groups excluding carboxylic acids is 1. The maximum atomic E-state index is 11.9. The number of amides is 1. The highest BCUT2D eigenvalue weighted by Gasteiger charge is 2.15. The molecule has 118 valence electrons. The fourth-order valence-electron chi connectivity index (χ4n) is 1.83. The van der Waals surface area contributed by atoms with Crippen LogP contribution >= 0.6 is 0 Å². The summed E-state index contributed by atoms with van der Waals surface area (Å²) < 4.78 is 29.5. The van der Waals surface area contributed by atoms with Gasteiger partial charge in [0, 0.05) is 25.2 Å². The maximum absolute atomic E-state index is 11.9. The molecule has 0 spiro atoms. The van der Waals surface area contributed by atoms with Gasteiger partial charge in [0.1, 0.15) is 5.75 Å². The molecule has 0 heterocycles. The van der Waals surface area contributed by atoms with Gasteiger partial charge in [-0.3, -0.25) is 4.79 Å². The van der Waals surface area contributed by atoms with Crippen molar-refractivity contribution in [2.24, 2.45) is 0 Å². The van der Waals surface area contributed by atoms with Crippen LogP contribution in [0.25, 0.3) is 0 Å². The number of nitrogens with one attached hydrogen (secondary N) is 1. The van der Waals surface area contributed by atoms with Crippen LogP contribution in [0, 0.1) is 0 Å². The lowest BCUT2D eigenvalue weighted by Gasteiger charge is -2.19. The molecule has 6 nitrogen and oxygen atoms in total. The van der Waals surface area contributed by atoms with Gasteiger partial charge in [0.25, 0.3) is 5.91 Å². The number of carbonyl (C=O) groups is 1. The van der Waals surface area contributed by atoms with Crippen molar-refractivity contribution >= 4 is 15.9 Å². The van der Waals surface area contributed by atoms with E-state index in [4.69, 9.17) is 4.74 Å². The van der Waals surface area contributed by atoms with Crippen molar-refractivity contribution in [3.63, 3.8) is 0 Å². The first-order chi connectivity index (χ1) is 9.88. The van der Waals surface area contributed by atoms with Crippen molar-refractivity contribution in [2.75, 3.05) is 33.0 Å². The van der Waals surface area contributed by atoms with E-state index in [1.165, 1.54) is 10.6 Å². The van der Waals surface area contributed by atoms with Gasteiger partial charge in [-0.1, -0.05) is 6.92 Å². The Bertz CT molecular complexity index is 555. The molecule has 0 aliphatic rings. The van der Waals surface area contributed by atoms with E-state index in [-0.39, 0.29) is 19.0 Å². The highest BCUT2D eigenvalue weighted by molar-refractivity contribution is 7.88. The van der Waals surface area contributed by atoms with Gasteiger partial charge >= 0.3 is 0 Å². The third kappa shape index (κ3) is 5.73. The van der Waals surface area contributed by atoms with E-state index in [2.05, 4.69) is 5.32 Å². The summed E-state index contributed by atoms with van der Waals surface area (Å²) in [5.74, 6) is 0.445. The number of benzene rings is 1. The molecule has 0 aliphatic heterocycles. The smallest absolute Gasteiger partial charge is 0.251 e. The Morgan fingerprint density at radius 2 is 1.86 bits per heavy atom. The minimum absolute atomic E-state index is 0.234. The predicted octanol–water partition coefficient (Wildman–Crippen LogP) is 1.10. The van der Waals surface area contributed by atoms with E-state index in [1.807, 2.05) is 6.92 Å². The number of hydrogen-bond donors (Lipinski definition) is 1. The van der Waals surface area contributed by atoms with Crippen molar-refractivity contribution in [3.8, 4) is 5.75 Å². The predicted molar refractivity (Wildman–Crippen MR) is 82.0 cm³/mol. The second-order valence-electron chi connectivity index (χ2n) is 4.65. The monoisotopic (exact) mass is 314 g/mol. The molecule has 0 saturated carbocycles. The minimum atomic E-state index is -3.23. The first kappa shape index (κ1) is 17.5. The van der Waals surface area contributed by atoms with Crippen LogP contribution < -0.4 is 10.1 Å². The van der Waals surface area contributed by atoms with Crippen LogP contribution in [-0.2, 0) is 10.0 Å². The molecule has 7 heteroatoms. The molecule has 0 aromatic heterocycles. The number of nitrogens with zero attached hydrogens (tertiary/aromatic N) is 1. The fraction of sp³-hybridized carbons (Fsp3) is 0.500. The zero-order valence-corrected chi connectivity index (χ0v) is 13.4. The molecule has 1 amide bonds. The number of ether oxygens (including phenoxy) is 1. The molecule has 0 bridgehead atoms. The second-order valence-corrected chi connectivity index (χ2v) is 6.63. The minimum Gasteiger partial charge on any atom is -0.497 e. The summed E-state index contributed by atoms with van der Waals surface area (Å²) in [5.41, 5.74) is 0.511. The van der Waals surface area contributed by atoms with Crippen LogP contribution in [0.2, 0.25) is 0 Å². The first-order valence-corrected chi connectivity index (χ1v) is 8.60. The highest BCUT2D eigenvalue weighted by Crippen LogP contribution is 2.11. The Balaban J connectivity index is 2.52. The van der Waals surface area contributed by atoms with Gasteiger partial charge in [0.2, 0.25) is 10.0 Å². The molecule has 0 atom stereocenters. The zero-order chi connectivity index (χ0) is 15.9. The first-order valence-electron chi connectivity index (χ1n) is 6.76. The molecule has 0 fully saturated rings. The van der Waals surface area contributed by atoms with Gasteiger partial charge < -0.3 is 10.1 Å². The Kier molecular flexibility index (Phi) is 6.64. The standard InChI is InChI=1S/C14H22N2O4S/c1-4-10-16(21(3,18)19)11-9-15-14(17)12-5-7-13(20-2)8-6-12/h5-8H,4,9-11H2,1-3H3,(H,15,17). The third-order valence-electron chi connectivity index (χ3n) is 2.94. The Morgan fingerprint density at radius 3 is 2.33 bits per heavy atom. The molecular weight excluding hydrogens is 292 g/mol. The van der Waals surface area contributed by atoms with E-state index >= 15 is 0 Å². The molecular formula is C14H22N2O4S. The third-order valence-corrected chi connectivity index (χ3v) is 4.24. The number of sulfonamides is 1. The Morgan fingerprint density at radius 1 is 1.24 bits per heavy atom. The lowest BCUT2D eigenvalue weighted by Crippen LogP contribution is -2.38. The molecule has 0 aliphatic carbocycles. The normalized spacial score (nSPS) is 11.4. The van der Waals surface area contributed by atoms with Crippen molar-refractivity contribution in [1.82, 2.24) is 9.62 Å². The van der Waals surface area contributed by atoms with Crippen molar-refractivity contribution in [1.29, 1.82) is 0 Å². The molecule has 1 rings (SSSR count). The van der Waals surface area contributed by atoms with Crippen LogP contribution in [0.4, 0.5) is 0 Å². The quantitative estimate of drug-likeness (QED) is 0.779. The van der Waals surface area contributed by atoms with Crippen LogP contribution in [0.1, 0.15) is 23.7 Å².